The van der Waals surface area contributed by atoms with Crippen molar-refractivity contribution in [3.05, 3.63) is 36.2 Å². The lowest BCUT2D eigenvalue weighted by molar-refractivity contribution is 0.0698. The molecule has 0 bridgehead atoms. The molecule has 0 unspecified atom stereocenters. The second kappa shape index (κ2) is 3.45. The first-order valence-corrected chi connectivity index (χ1v) is 4.31. The van der Waals surface area contributed by atoms with Crippen molar-refractivity contribution < 1.29 is 9.90 Å². The van der Waals surface area contributed by atoms with Gasteiger partial charge in [-0.3, -0.25) is 0 Å². The number of rotatable bonds is 2. The highest BCUT2D eigenvalue weighted by Gasteiger charge is 2.16. The number of carboxylic acids is 1. The third kappa shape index (κ3) is 1.54. The predicted molar refractivity (Wildman–Crippen MR) is 55.4 cm³/mol. The maximum atomic E-state index is 11.0. The summed E-state index contributed by atoms with van der Waals surface area (Å²) >= 11 is 0. The summed E-state index contributed by atoms with van der Waals surface area (Å²) in [6, 6.07) is 5.18. The third-order valence-corrected chi connectivity index (χ3v) is 2.08. The van der Waals surface area contributed by atoms with Gasteiger partial charge < -0.3 is 15.8 Å². The summed E-state index contributed by atoms with van der Waals surface area (Å²) in [6.07, 6.45) is 3.20. The number of H-pyrrole nitrogens is 1. The molecular formula is C10H9N3O2. The third-order valence-electron chi connectivity index (χ3n) is 2.08. The van der Waals surface area contributed by atoms with Gasteiger partial charge in [-0.1, -0.05) is 0 Å². The molecule has 0 saturated carbocycles. The van der Waals surface area contributed by atoms with Crippen molar-refractivity contribution in [3.8, 4) is 11.3 Å². The van der Waals surface area contributed by atoms with E-state index in [4.69, 9.17) is 10.8 Å². The van der Waals surface area contributed by atoms with Gasteiger partial charge in [-0.05, 0) is 18.2 Å². The first-order chi connectivity index (χ1) is 7.20. The number of nitrogens with zero attached hydrogens (tertiary/aromatic N) is 1. The zero-order valence-corrected chi connectivity index (χ0v) is 7.77. The monoisotopic (exact) mass is 203 g/mol. The van der Waals surface area contributed by atoms with Gasteiger partial charge in [-0.2, -0.15) is 0 Å². The lowest BCUT2D eigenvalue weighted by atomic mass is 10.1. The summed E-state index contributed by atoms with van der Waals surface area (Å²) < 4.78 is 0. The van der Waals surface area contributed by atoms with Gasteiger partial charge in [0.05, 0.1) is 0 Å². The lowest BCUT2D eigenvalue weighted by Crippen LogP contribution is -2.06. The summed E-state index contributed by atoms with van der Waals surface area (Å²) in [5, 5.41) is 9.01. The van der Waals surface area contributed by atoms with Gasteiger partial charge in [0.25, 0.3) is 0 Å². The summed E-state index contributed by atoms with van der Waals surface area (Å²) in [7, 11) is 0. The van der Waals surface area contributed by atoms with Crippen LogP contribution < -0.4 is 5.73 Å². The van der Waals surface area contributed by atoms with E-state index in [9.17, 15) is 4.79 Å². The predicted octanol–water partition coefficient (Wildman–Crippen LogP) is 1.36. The largest absolute Gasteiger partial charge is 0.478 e. The number of hydrogen-bond donors (Lipinski definition) is 3. The zero-order valence-electron chi connectivity index (χ0n) is 7.77. The average molecular weight is 203 g/mol. The van der Waals surface area contributed by atoms with Crippen molar-refractivity contribution in [2.75, 3.05) is 5.73 Å². The molecular weight excluding hydrogens is 194 g/mol. The molecule has 0 aliphatic carbocycles. The molecule has 0 spiro atoms. The van der Waals surface area contributed by atoms with Crippen LogP contribution in [-0.2, 0) is 0 Å². The molecule has 5 heteroatoms. The molecule has 0 amide bonds. The Morgan fingerprint density at radius 2 is 2.27 bits per heavy atom. The van der Waals surface area contributed by atoms with Gasteiger partial charge in [0.15, 0.2) is 0 Å². The van der Waals surface area contributed by atoms with Crippen molar-refractivity contribution in [3.63, 3.8) is 0 Å². The quantitative estimate of drug-likeness (QED) is 0.687. The molecule has 0 saturated heterocycles. The summed E-state index contributed by atoms with van der Waals surface area (Å²) in [4.78, 5) is 17.7. The number of hydrogen-bond acceptors (Lipinski definition) is 3. The molecule has 15 heavy (non-hydrogen) atoms. The molecule has 5 nitrogen and oxygen atoms in total. The summed E-state index contributed by atoms with van der Waals surface area (Å²) in [5.41, 5.74) is 6.80. The molecule has 2 aromatic rings. The maximum Gasteiger partial charge on any atom is 0.340 e. The minimum atomic E-state index is -1.08. The van der Waals surface area contributed by atoms with Crippen molar-refractivity contribution in [2.24, 2.45) is 0 Å². The van der Waals surface area contributed by atoms with E-state index in [1.165, 1.54) is 6.20 Å². The number of aromatic carboxylic acids is 1. The number of nitrogens with one attached hydrogen (secondary N) is 1. The van der Waals surface area contributed by atoms with Crippen LogP contribution in [0.15, 0.2) is 30.6 Å². The van der Waals surface area contributed by atoms with E-state index in [-0.39, 0.29) is 11.4 Å². The second-order valence-corrected chi connectivity index (χ2v) is 3.01. The normalized spacial score (nSPS) is 10.1. The van der Waals surface area contributed by atoms with Crippen LogP contribution in [0, 0.1) is 0 Å². The average Bonchev–Trinajstić information content (AvgIpc) is 2.69. The summed E-state index contributed by atoms with van der Waals surface area (Å²) in [5.74, 6) is -1.06. The van der Waals surface area contributed by atoms with E-state index in [0.717, 1.165) is 0 Å². The van der Waals surface area contributed by atoms with Crippen molar-refractivity contribution in [1.82, 2.24) is 9.97 Å². The molecule has 2 rings (SSSR count). The van der Waals surface area contributed by atoms with Gasteiger partial charge in [0.1, 0.15) is 11.4 Å². The molecule has 0 aliphatic rings. The van der Waals surface area contributed by atoms with E-state index < -0.39 is 5.97 Å². The van der Waals surface area contributed by atoms with Crippen molar-refractivity contribution in [1.29, 1.82) is 0 Å². The first-order valence-electron chi connectivity index (χ1n) is 4.31. The minimum absolute atomic E-state index is 0.0228. The number of anilines is 1. The number of pyridine rings is 1. The topological polar surface area (TPSA) is 92.0 Å². The number of carboxylic acid groups (broad SMARTS) is 1. The van der Waals surface area contributed by atoms with E-state index >= 15 is 0 Å². The van der Waals surface area contributed by atoms with E-state index in [1.54, 1.807) is 24.4 Å². The highest BCUT2D eigenvalue weighted by Crippen LogP contribution is 2.24. The second-order valence-electron chi connectivity index (χ2n) is 3.01. The number of nitrogen functional groups attached to an aromatic ring is 1. The van der Waals surface area contributed by atoms with Gasteiger partial charge in [0.2, 0.25) is 0 Å². The number of nitrogens with two attached hydrogens (primary N) is 1. The molecule has 0 radical (unpaired) electrons. The molecule has 2 heterocycles. The van der Waals surface area contributed by atoms with Crippen LogP contribution in [0.2, 0.25) is 0 Å². The Morgan fingerprint density at radius 3 is 2.87 bits per heavy atom. The first kappa shape index (κ1) is 9.26. The fraction of sp³-hybridized carbons (Fsp3) is 0. The van der Waals surface area contributed by atoms with Gasteiger partial charge in [-0.15, -0.1) is 0 Å². The molecule has 0 atom stereocenters. The van der Waals surface area contributed by atoms with Gasteiger partial charge in [-0.25, -0.2) is 9.78 Å². The Hall–Kier alpha value is -2.30. The Balaban J connectivity index is 2.66. The van der Waals surface area contributed by atoms with Crippen LogP contribution in [-0.4, -0.2) is 21.0 Å². The minimum Gasteiger partial charge on any atom is -0.478 e. The van der Waals surface area contributed by atoms with Crippen LogP contribution in [0.4, 0.5) is 5.82 Å². The van der Waals surface area contributed by atoms with Crippen molar-refractivity contribution >= 4 is 11.8 Å². The van der Waals surface area contributed by atoms with Gasteiger partial charge >= 0.3 is 5.97 Å². The standard InChI is InChI=1S/C10H9N3O2/c11-9-8(10(14)15)6(3-5-13-9)7-2-1-4-12-7/h1-5,12H,(H2,11,13)(H,14,15). The zero-order chi connectivity index (χ0) is 10.8. The molecule has 0 fully saturated rings. The fourth-order valence-corrected chi connectivity index (χ4v) is 1.43. The molecule has 0 aromatic carbocycles. The Labute approximate surface area is 85.6 Å². The SMILES string of the molecule is Nc1nccc(-c2ccc[nH]2)c1C(=O)O. The van der Waals surface area contributed by atoms with Crippen LogP contribution in [0.1, 0.15) is 10.4 Å². The van der Waals surface area contributed by atoms with E-state index in [1.807, 2.05) is 0 Å². The number of aromatic nitrogens is 2. The van der Waals surface area contributed by atoms with E-state index in [2.05, 4.69) is 9.97 Å². The lowest BCUT2D eigenvalue weighted by Gasteiger charge is -2.05. The van der Waals surface area contributed by atoms with Gasteiger partial charge in [0, 0.05) is 23.7 Å². The number of carbonyl (C=O) groups is 1. The smallest absolute Gasteiger partial charge is 0.340 e. The molecule has 0 aliphatic heterocycles. The number of aromatic amines is 1. The van der Waals surface area contributed by atoms with Crippen LogP contribution in [0.25, 0.3) is 11.3 Å². The van der Waals surface area contributed by atoms with E-state index in [0.29, 0.717) is 11.3 Å². The maximum absolute atomic E-state index is 11.0. The Morgan fingerprint density at radius 1 is 1.47 bits per heavy atom. The molecule has 2 aromatic heterocycles. The Kier molecular flexibility index (Phi) is 2.13. The summed E-state index contributed by atoms with van der Waals surface area (Å²) in [6.45, 7) is 0. The fourth-order valence-electron chi connectivity index (χ4n) is 1.43. The van der Waals surface area contributed by atoms with Crippen LogP contribution in [0.5, 0.6) is 0 Å². The van der Waals surface area contributed by atoms with Crippen LogP contribution >= 0.6 is 0 Å². The molecule has 4 N–H and O–H groups in total. The molecule has 76 valence electrons. The van der Waals surface area contributed by atoms with Crippen molar-refractivity contribution in [2.45, 2.75) is 0 Å². The van der Waals surface area contributed by atoms with Crippen LogP contribution in [0.3, 0.4) is 0 Å². The Bertz CT molecular complexity index is 491. The highest BCUT2D eigenvalue weighted by molar-refractivity contribution is 5.99. The highest BCUT2D eigenvalue weighted by atomic mass is 16.4.